The quantitative estimate of drug-likeness (QED) is 0.638. The van der Waals surface area contributed by atoms with E-state index in [2.05, 4.69) is 9.59 Å². The highest BCUT2D eigenvalue weighted by atomic mass is 32.1. The van der Waals surface area contributed by atoms with E-state index in [4.69, 9.17) is 4.74 Å². The maximum Gasteiger partial charge on any atom is 0.249 e. The van der Waals surface area contributed by atoms with Crippen LogP contribution in [0.2, 0.25) is 0 Å². The Hall–Kier alpha value is -1.16. The summed E-state index contributed by atoms with van der Waals surface area (Å²) in [6, 6.07) is 5.83. The maximum atomic E-state index is 5.06. The van der Waals surface area contributed by atoms with Crippen LogP contribution in [0.1, 0.15) is 0 Å². The molecule has 11 heavy (non-hydrogen) atoms. The smallest absolute Gasteiger partial charge is 0.249 e. The number of fused-ring (bicyclic) bond motifs is 1. The van der Waals surface area contributed by atoms with Crippen molar-refractivity contribution in [1.29, 1.82) is 0 Å². The van der Waals surface area contributed by atoms with Gasteiger partial charge in [-0.3, -0.25) is 0 Å². The van der Waals surface area contributed by atoms with Crippen LogP contribution < -0.4 is 9.84 Å². The van der Waals surface area contributed by atoms with E-state index in [-0.39, 0.29) is 0 Å². The molecule has 1 N–H and O–H groups in total. The Morgan fingerprint density at radius 2 is 2.45 bits per heavy atom. The van der Waals surface area contributed by atoms with Crippen molar-refractivity contribution < 1.29 is 9.84 Å². The lowest BCUT2D eigenvalue weighted by Crippen LogP contribution is -1.99. The molecule has 1 aromatic carbocycles. The fourth-order valence-electron chi connectivity index (χ4n) is 0.919. The minimum Gasteiger partial charge on any atom is -0.497 e. The molecule has 2 rings (SSSR count). The second-order valence-corrected chi connectivity index (χ2v) is 2.96. The number of aromatic nitrogens is 2. The van der Waals surface area contributed by atoms with Crippen LogP contribution >= 0.6 is 11.5 Å². The number of ether oxygens (including phenoxy) is 1. The van der Waals surface area contributed by atoms with Crippen molar-refractivity contribution in [3.8, 4) is 5.75 Å². The van der Waals surface area contributed by atoms with E-state index in [1.54, 1.807) is 7.11 Å². The first kappa shape index (κ1) is 6.54. The summed E-state index contributed by atoms with van der Waals surface area (Å²) in [5.74, 6) is 0.871. The molecule has 4 heteroatoms. The van der Waals surface area contributed by atoms with Crippen molar-refractivity contribution in [2.75, 3.05) is 7.11 Å². The second-order valence-electron chi connectivity index (χ2n) is 2.16. The first-order valence-electron chi connectivity index (χ1n) is 3.21. The highest BCUT2D eigenvalue weighted by Gasteiger charge is 2.03. The average molecular weight is 167 g/mol. The zero-order valence-electron chi connectivity index (χ0n) is 6.00. The van der Waals surface area contributed by atoms with Gasteiger partial charge in [0.05, 0.1) is 11.6 Å². The minimum absolute atomic E-state index is 0.871. The zero-order chi connectivity index (χ0) is 7.68. The van der Waals surface area contributed by atoms with Crippen molar-refractivity contribution >= 4 is 21.7 Å². The Labute approximate surface area is 67.8 Å². The van der Waals surface area contributed by atoms with Gasteiger partial charge in [-0.05, 0) is 6.07 Å². The number of aromatic amines is 1. The lowest BCUT2D eigenvalue weighted by Gasteiger charge is -1.94. The van der Waals surface area contributed by atoms with E-state index >= 15 is 0 Å². The molecule has 0 unspecified atom stereocenters. The number of hydrogen-bond acceptors (Lipinski definition) is 3. The number of nitrogens with one attached hydrogen (secondary N) is 1. The molecule has 0 amide bonds. The van der Waals surface area contributed by atoms with Crippen LogP contribution in [0.25, 0.3) is 10.2 Å². The normalized spacial score (nSPS) is 10.3. The van der Waals surface area contributed by atoms with Gasteiger partial charge in [-0.1, -0.05) is 5.10 Å². The molecule has 0 aliphatic carbocycles. The fourth-order valence-corrected chi connectivity index (χ4v) is 1.54. The molecular weight excluding hydrogens is 160 g/mol. The SMILES string of the molecule is COc1ccc2[nH+]nsc2c1. The van der Waals surface area contributed by atoms with Gasteiger partial charge in [-0.25, -0.2) is 0 Å². The van der Waals surface area contributed by atoms with Crippen LogP contribution in [-0.2, 0) is 0 Å². The van der Waals surface area contributed by atoms with Gasteiger partial charge in [0.1, 0.15) is 10.4 Å². The zero-order valence-corrected chi connectivity index (χ0v) is 6.81. The Balaban J connectivity index is 2.67. The third-order valence-corrected chi connectivity index (χ3v) is 2.22. The van der Waals surface area contributed by atoms with Crippen molar-refractivity contribution in [3.63, 3.8) is 0 Å². The summed E-state index contributed by atoms with van der Waals surface area (Å²) < 4.78 is 10.1. The Kier molecular flexibility index (Phi) is 1.47. The summed E-state index contributed by atoms with van der Waals surface area (Å²) >= 11 is 1.43. The van der Waals surface area contributed by atoms with E-state index in [1.165, 1.54) is 11.5 Å². The minimum atomic E-state index is 0.871. The monoisotopic (exact) mass is 167 g/mol. The molecule has 0 aliphatic rings. The predicted molar refractivity (Wildman–Crippen MR) is 42.7 cm³/mol. The summed E-state index contributed by atoms with van der Waals surface area (Å²) in [5.41, 5.74) is 1.05. The summed E-state index contributed by atoms with van der Waals surface area (Å²) in [7, 11) is 1.66. The van der Waals surface area contributed by atoms with E-state index in [1.807, 2.05) is 18.2 Å². The molecular formula is C7H7N2OS+. The van der Waals surface area contributed by atoms with Gasteiger partial charge >= 0.3 is 0 Å². The molecule has 2 aromatic rings. The van der Waals surface area contributed by atoms with Gasteiger partial charge in [0, 0.05) is 23.7 Å². The van der Waals surface area contributed by atoms with Crippen molar-refractivity contribution in [2.24, 2.45) is 0 Å². The Bertz CT molecular complexity index is 371. The molecule has 0 spiro atoms. The molecule has 3 nitrogen and oxygen atoms in total. The number of benzene rings is 1. The summed E-state index contributed by atoms with van der Waals surface area (Å²) in [4.78, 5) is 0. The maximum absolute atomic E-state index is 5.06. The van der Waals surface area contributed by atoms with Gasteiger partial charge in [-0.2, -0.15) is 0 Å². The van der Waals surface area contributed by atoms with Gasteiger partial charge in [0.15, 0.2) is 0 Å². The fraction of sp³-hybridized carbons (Fsp3) is 0.143. The first-order valence-corrected chi connectivity index (χ1v) is 3.98. The third kappa shape index (κ3) is 1.05. The lowest BCUT2D eigenvalue weighted by atomic mass is 10.3. The topological polar surface area (TPSA) is 36.3 Å². The van der Waals surface area contributed by atoms with E-state index in [0.717, 1.165) is 16.0 Å². The van der Waals surface area contributed by atoms with Crippen LogP contribution in [0.3, 0.4) is 0 Å². The molecule has 0 atom stereocenters. The van der Waals surface area contributed by atoms with Crippen LogP contribution in [0.5, 0.6) is 5.75 Å². The first-order chi connectivity index (χ1) is 5.40. The van der Waals surface area contributed by atoms with Crippen LogP contribution in [0.15, 0.2) is 18.2 Å². The molecule has 0 radical (unpaired) electrons. The van der Waals surface area contributed by atoms with Crippen molar-refractivity contribution in [3.05, 3.63) is 18.2 Å². The molecule has 0 fully saturated rings. The number of nitrogens with zero attached hydrogens (tertiary/aromatic N) is 1. The van der Waals surface area contributed by atoms with Gasteiger partial charge in [0.2, 0.25) is 5.52 Å². The molecule has 0 bridgehead atoms. The van der Waals surface area contributed by atoms with Crippen molar-refractivity contribution in [2.45, 2.75) is 0 Å². The largest absolute Gasteiger partial charge is 0.497 e. The van der Waals surface area contributed by atoms with E-state index < -0.39 is 0 Å². The standard InChI is InChI=1S/C7H6N2OS/c1-10-5-2-3-6-7(4-5)11-9-8-6/h2-4H,1H3/p+1. The molecule has 1 heterocycles. The lowest BCUT2D eigenvalue weighted by molar-refractivity contribution is -0.413. The Morgan fingerprint density at radius 1 is 1.55 bits per heavy atom. The number of hydrogen-bond donors (Lipinski definition) is 0. The van der Waals surface area contributed by atoms with E-state index in [0.29, 0.717) is 0 Å². The van der Waals surface area contributed by atoms with Crippen LogP contribution in [-0.4, -0.2) is 11.6 Å². The number of methoxy groups -OCH3 is 1. The highest BCUT2D eigenvalue weighted by Crippen LogP contribution is 2.19. The van der Waals surface area contributed by atoms with Crippen LogP contribution in [0.4, 0.5) is 0 Å². The van der Waals surface area contributed by atoms with Gasteiger partial charge in [-0.15, -0.1) is 0 Å². The third-order valence-electron chi connectivity index (χ3n) is 1.50. The number of rotatable bonds is 1. The average Bonchev–Trinajstić information content (AvgIpc) is 2.50. The Morgan fingerprint density at radius 3 is 3.27 bits per heavy atom. The molecule has 1 aromatic heterocycles. The van der Waals surface area contributed by atoms with Crippen molar-refractivity contribution in [1.82, 2.24) is 4.49 Å². The van der Waals surface area contributed by atoms with Crippen LogP contribution in [0, 0.1) is 0 Å². The highest BCUT2D eigenvalue weighted by molar-refractivity contribution is 7.12. The predicted octanol–water partition coefficient (Wildman–Crippen LogP) is 1.12. The molecule has 56 valence electrons. The number of H-pyrrole nitrogens is 1. The van der Waals surface area contributed by atoms with Gasteiger partial charge < -0.3 is 4.74 Å². The summed E-state index contributed by atoms with van der Waals surface area (Å²) in [6.45, 7) is 0. The van der Waals surface area contributed by atoms with Gasteiger partial charge in [0.25, 0.3) is 0 Å². The van der Waals surface area contributed by atoms with E-state index in [9.17, 15) is 0 Å². The molecule has 0 saturated carbocycles. The molecule has 0 aliphatic heterocycles. The second kappa shape index (κ2) is 2.47. The summed E-state index contributed by atoms with van der Waals surface area (Å²) in [6.07, 6.45) is 0. The summed E-state index contributed by atoms with van der Waals surface area (Å²) in [5, 5.41) is 2.88. The molecule has 0 saturated heterocycles.